The van der Waals surface area contributed by atoms with Crippen LogP contribution in [0.15, 0.2) is 30.3 Å². The fourth-order valence-electron chi connectivity index (χ4n) is 3.49. The molecule has 5 nitrogen and oxygen atoms in total. The summed E-state index contributed by atoms with van der Waals surface area (Å²) in [6.07, 6.45) is -4.63. The van der Waals surface area contributed by atoms with Crippen LogP contribution in [-0.4, -0.2) is 52.7 Å². The number of aromatic nitrogens is 3. The third kappa shape index (κ3) is 3.31. The first-order valence-electron chi connectivity index (χ1n) is 8.91. The second kappa shape index (κ2) is 6.93. The Balaban J connectivity index is 1.99. The van der Waals surface area contributed by atoms with Gasteiger partial charge in [0.15, 0.2) is 11.3 Å². The lowest BCUT2D eigenvalue weighted by atomic mass is 10.1. The topological polar surface area (TPSA) is 36.7 Å². The molecule has 0 aliphatic carbocycles. The number of hydrogen-bond donors (Lipinski definition) is 0. The molecule has 9 heteroatoms. The molecule has 3 heterocycles. The van der Waals surface area contributed by atoms with Crippen LogP contribution in [0.5, 0.6) is 0 Å². The molecule has 0 atom stereocenters. The van der Waals surface area contributed by atoms with Crippen LogP contribution in [0.25, 0.3) is 16.8 Å². The van der Waals surface area contributed by atoms with E-state index in [1.165, 1.54) is 4.52 Å². The average Bonchev–Trinajstić information content (AvgIpc) is 3.02. The minimum atomic E-state index is -4.63. The van der Waals surface area contributed by atoms with Gasteiger partial charge in [-0.05, 0) is 20.0 Å². The minimum Gasteiger partial charge on any atom is -0.354 e. The lowest BCUT2D eigenvalue weighted by molar-refractivity contribution is -0.140. The fraction of sp³-hybridized carbons (Fsp3) is 0.368. The van der Waals surface area contributed by atoms with Gasteiger partial charge >= 0.3 is 6.18 Å². The zero-order valence-corrected chi connectivity index (χ0v) is 16.2. The van der Waals surface area contributed by atoms with E-state index in [0.29, 0.717) is 24.6 Å². The lowest BCUT2D eigenvalue weighted by Crippen LogP contribution is -2.45. The number of likely N-dealkylation sites (N-methyl/N-ethyl adjacent to an activating group) is 1. The van der Waals surface area contributed by atoms with Crippen molar-refractivity contribution in [3.05, 3.63) is 46.7 Å². The van der Waals surface area contributed by atoms with Crippen molar-refractivity contribution in [2.24, 2.45) is 0 Å². The van der Waals surface area contributed by atoms with Gasteiger partial charge in [-0.3, -0.25) is 0 Å². The highest BCUT2D eigenvalue weighted by Crippen LogP contribution is 2.41. The molecule has 1 saturated heterocycles. The molecule has 0 amide bonds. The summed E-state index contributed by atoms with van der Waals surface area (Å²) >= 11 is 6.23. The van der Waals surface area contributed by atoms with E-state index in [1.807, 2.05) is 11.9 Å². The second-order valence-electron chi connectivity index (χ2n) is 6.98. The Morgan fingerprint density at radius 1 is 1.07 bits per heavy atom. The first-order chi connectivity index (χ1) is 13.3. The number of hydrogen-bond acceptors (Lipinski definition) is 4. The Morgan fingerprint density at radius 2 is 1.75 bits per heavy atom. The van der Waals surface area contributed by atoms with E-state index < -0.39 is 11.9 Å². The normalized spacial score (nSPS) is 16.1. The molecule has 0 bridgehead atoms. The van der Waals surface area contributed by atoms with E-state index in [2.05, 4.69) is 15.0 Å². The Morgan fingerprint density at radius 3 is 2.39 bits per heavy atom. The molecule has 0 saturated carbocycles. The summed E-state index contributed by atoms with van der Waals surface area (Å²) in [5.41, 5.74) is -0.00196. The highest BCUT2D eigenvalue weighted by molar-refractivity contribution is 6.33. The van der Waals surface area contributed by atoms with Crippen molar-refractivity contribution in [3.63, 3.8) is 0 Å². The van der Waals surface area contributed by atoms with Gasteiger partial charge in [0.25, 0.3) is 0 Å². The van der Waals surface area contributed by atoms with E-state index >= 15 is 0 Å². The van der Waals surface area contributed by atoms with Gasteiger partial charge in [-0.15, -0.1) is 0 Å². The van der Waals surface area contributed by atoms with Gasteiger partial charge in [0.05, 0.1) is 5.56 Å². The van der Waals surface area contributed by atoms with Gasteiger partial charge in [-0.1, -0.05) is 29.8 Å². The van der Waals surface area contributed by atoms with E-state index in [4.69, 9.17) is 11.6 Å². The third-order valence-electron chi connectivity index (χ3n) is 4.94. The lowest BCUT2D eigenvalue weighted by Gasteiger charge is -2.34. The minimum absolute atomic E-state index is 0.0859. The van der Waals surface area contributed by atoms with Gasteiger partial charge in [0, 0.05) is 48.5 Å². The fourth-order valence-corrected chi connectivity index (χ4v) is 3.72. The molecule has 0 N–H and O–H groups in total. The molecule has 0 unspecified atom stereocenters. The standard InChI is InChI=1S/C19H19ClF3N5/c1-12-11-15(27-9-7-26(2)8-10-27)28-18(24-12)16(17(25-28)19(21,22)23)13-5-3-4-6-14(13)20/h3-6,11H,7-10H2,1-2H3. The SMILES string of the molecule is Cc1cc(N2CCN(C)CC2)n2nc(C(F)(F)F)c(-c3ccccc3Cl)c2n1. The summed E-state index contributed by atoms with van der Waals surface area (Å²) in [4.78, 5) is 8.63. The van der Waals surface area contributed by atoms with Gasteiger partial charge in [0.1, 0.15) is 5.82 Å². The zero-order chi connectivity index (χ0) is 20.1. The van der Waals surface area contributed by atoms with Crippen LogP contribution in [0.4, 0.5) is 19.0 Å². The number of rotatable bonds is 2. The van der Waals surface area contributed by atoms with Crippen molar-refractivity contribution < 1.29 is 13.2 Å². The molecule has 148 valence electrons. The highest BCUT2D eigenvalue weighted by Gasteiger charge is 2.40. The number of nitrogens with zero attached hydrogens (tertiary/aromatic N) is 5. The molecule has 1 aliphatic rings. The molecular weight excluding hydrogens is 391 g/mol. The van der Waals surface area contributed by atoms with Crippen LogP contribution in [0.2, 0.25) is 5.02 Å². The van der Waals surface area contributed by atoms with Crippen molar-refractivity contribution >= 4 is 23.1 Å². The quantitative estimate of drug-likeness (QED) is 0.637. The predicted octanol–water partition coefficient (Wildman–Crippen LogP) is 4.13. The van der Waals surface area contributed by atoms with Crippen molar-refractivity contribution in [2.75, 3.05) is 38.1 Å². The maximum absolute atomic E-state index is 13.9. The molecular formula is C19H19ClF3N5. The molecule has 0 spiro atoms. The van der Waals surface area contributed by atoms with Crippen molar-refractivity contribution in [2.45, 2.75) is 13.1 Å². The predicted molar refractivity (Wildman–Crippen MR) is 103 cm³/mol. The molecule has 28 heavy (non-hydrogen) atoms. The van der Waals surface area contributed by atoms with Gasteiger partial charge in [-0.2, -0.15) is 22.8 Å². The summed E-state index contributed by atoms with van der Waals surface area (Å²) in [6.45, 7) is 4.84. The van der Waals surface area contributed by atoms with E-state index in [9.17, 15) is 13.2 Å². The molecule has 1 fully saturated rings. The second-order valence-corrected chi connectivity index (χ2v) is 7.39. The molecule has 2 aromatic heterocycles. The van der Waals surface area contributed by atoms with E-state index in [1.54, 1.807) is 37.3 Å². The summed E-state index contributed by atoms with van der Waals surface area (Å²) in [7, 11) is 2.02. The van der Waals surface area contributed by atoms with Crippen molar-refractivity contribution in [1.29, 1.82) is 0 Å². The van der Waals surface area contributed by atoms with Crippen LogP contribution in [0.3, 0.4) is 0 Å². The summed E-state index contributed by atoms with van der Waals surface area (Å²) in [6, 6.07) is 8.24. The molecule has 0 radical (unpaired) electrons. The Labute approximate surface area is 165 Å². The number of alkyl halides is 3. The molecule has 1 aromatic carbocycles. The van der Waals surface area contributed by atoms with Crippen molar-refractivity contribution in [3.8, 4) is 11.1 Å². The Hall–Kier alpha value is -2.32. The van der Waals surface area contributed by atoms with Crippen LogP contribution in [-0.2, 0) is 6.18 Å². The number of halogens is 4. The number of anilines is 1. The summed E-state index contributed by atoms with van der Waals surface area (Å²) in [5, 5.41) is 4.18. The number of fused-ring (bicyclic) bond motifs is 1. The first kappa shape index (κ1) is 19.0. The maximum Gasteiger partial charge on any atom is 0.435 e. The smallest absolute Gasteiger partial charge is 0.354 e. The van der Waals surface area contributed by atoms with Gasteiger partial charge in [0.2, 0.25) is 0 Å². The monoisotopic (exact) mass is 409 g/mol. The molecule has 3 aromatic rings. The van der Waals surface area contributed by atoms with Crippen LogP contribution in [0, 0.1) is 6.92 Å². The van der Waals surface area contributed by atoms with E-state index in [0.717, 1.165) is 13.1 Å². The van der Waals surface area contributed by atoms with Crippen LogP contribution < -0.4 is 4.90 Å². The van der Waals surface area contributed by atoms with Gasteiger partial charge < -0.3 is 9.80 Å². The van der Waals surface area contributed by atoms with Gasteiger partial charge in [-0.25, -0.2) is 4.98 Å². The highest BCUT2D eigenvalue weighted by atomic mass is 35.5. The zero-order valence-electron chi connectivity index (χ0n) is 15.5. The molecule has 4 rings (SSSR count). The number of aryl methyl sites for hydroxylation is 1. The van der Waals surface area contributed by atoms with E-state index in [-0.39, 0.29) is 21.8 Å². The first-order valence-corrected chi connectivity index (χ1v) is 9.29. The summed E-state index contributed by atoms with van der Waals surface area (Å²) < 4.78 is 42.9. The Kier molecular flexibility index (Phi) is 4.71. The maximum atomic E-state index is 13.9. The number of benzene rings is 1. The van der Waals surface area contributed by atoms with Crippen molar-refractivity contribution in [1.82, 2.24) is 19.5 Å². The average molecular weight is 410 g/mol. The third-order valence-corrected chi connectivity index (χ3v) is 5.27. The molecule has 1 aliphatic heterocycles. The summed E-state index contributed by atoms with van der Waals surface area (Å²) in [5.74, 6) is 0.611. The van der Waals surface area contributed by atoms with Crippen LogP contribution in [0.1, 0.15) is 11.4 Å². The largest absolute Gasteiger partial charge is 0.435 e. The Bertz CT molecular complexity index is 1020. The van der Waals surface area contributed by atoms with Crippen LogP contribution >= 0.6 is 11.6 Å². The number of piperazine rings is 1.